The molecule has 0 aliphatic rings. The smallest absolute Gasteiger partial charge is 0.387 e. The van der Waals surface area contributed by atoms with E-state index >= 15 is 0 Å². The number of nitrogens with zero attached hydrogens (tertiary/aromatic N) is 2. The fourth-order valence-corrected chi connectivity index (χ4v) is 3.99. The van der Waals surface area contributed by atoms with Crippen LogP contribution in [-0.4, -0.2) is 16.6 Å². The van der Waals surface area contributed by atoms with E-state index in [2.05, 4.69) is 9.97 Å². The Bertz CT molecular complexity index is 1130. The number of halogens is 3. The van der Waals surface area contributed by atoms with Gasteiger partial charge in [-0.2, -0.15) is 8.78 Å². The van der Waals surface area contributed by atoms with E-state index in [1.165, 1.54) is 12.1 Å². The number of aryl methyl sites for hydroxylation is 1. The molecule has 0 bridgehead atoms. The van der Waals surface area contributed by atoms with E-state index in [9.17, 15) is 13.2 Å². The molecule has 7 heteroatoms. The lowest BCUT2D eigenvalue weighted by atomic mass is 9.98. The summed E-state index contributed by atoms with van der Waals surface area (Å²) in [5.74, 6) is -0.569. The molecule has 3 nitrogen and oxygen atoms in total. The fourth-order valence-electron chi connectivity index (χ4n) is 3.34. The van der Waals surface area contributed by atoms with Gasteiger partial charge in [0.15, 0.2) is 0 Å². The van der Waals surface area contributed by atoms with E-state index in [4.69, 9.17) is 4.74 Å². The summed E-state index contributed by atoms with van der Waals surface area (Å²) in [6.07, 6.45) is 2.56. The maximum Gasteiger partial charge on any atom is 0.387 e. The molecule has 0 spiro atoms. The largest absolute Gasteiger partial charge is 0.434 e. The molecule has 0 aliphatic carbocycles. The van der Waals surface area contributed by atoms with E-state index in [-0.39, 0.29) is 16.7 Å². The summed E-state index contributed by atoms with van der Waals surface area (Å²) >= 11 is 1.54. The van der Waals surface area contributed by atoms with Gasteiger partial charge in [0, 0.05) is 40.2 Å². The SMILES string of the molecule is CCc1nc2c(F)cccc2c(OC(F)F)c1Cc1ccc(-c2nccs2)cc1. The monoisotopic (exact) mass is 414 g/mol. The minimum atomic E-state index is -3.01. The van der Waals surface area contributed by atoms with Crippen LogP contribution in [0.5, 0.6) is 5.75 Å². The van der Waals surface area contributed by atoms with Crippen molar-refractivity contribution in [1.82, 2.24) is 9.97 Å². The maximum absolute atomic E-state index is 14.2. The highest BCUT2D eigenvalue weighted by Crippen LogP contribution is 2.35. The first-order valence-electron chi connectivity index (χ1n) is 9.10. The summed E-state index contributed by atoms with van der Waals surface area (Å²) < 4.78 is 45.5. The Kier molecular flexibility index (Phi) is 5.49. The normalized spacial score (nSPS) is 11.3. The van der Waals surface area contributed by atoms with E-state index in [0.717, 1.165) is 16.1 Å². The molecule has 0 aliphatic heterocycles. The van der Waals surface area contributed by atoms with Crippen LogP contribution in [0.1, 0.15) is 23.7 Å². The highest BCUT2D eigenvalue weighted by molar-refractivity contribution is 7.13. The van der Waals surface area contributed by atoms with Crippen molar-refractivity contribution in [2.75, 3.05) is 0 Å². The molecular formula is C22H17F3N2OS. The third-order valence-corrected chi connectivity index (χ3v) is 5.48. The summed E-state index contributed by atoms with van der Waals surface area (Å²) in [6, 6.07) is 12.0. The number of hydrogen-bond acceptors (Lipinski definition) is 4. The van der Waals surface area contributed by atoms with Gasteiger partial charge in [-0.05, 0) is 24.1 Å². The lowest BCUT2D eigenvalue weighted by Gasteiger charge is -2.17. The number of para-hydroxylation sites is 1. The van der Waals surface area contributed by atoms with Crippen LogP contribution in [0.2, 0.25) is 0 Å². The predicted molar refractivity (Wildman–Crippen MR) is 108 cm³/mol. The molecule has 0 fully saturated rings. The van der Waals surface area contributed by atoms with Crippen LogP contribution < -0.4 is 4.74 Å². The van der Waals surface area contributed by atoms with Crippen LogP contribution in [0, 0.1) is 5.82 Å². The third-order valence-electron chi connectivity index (χ3n) is 4.66. The summed E-state index contributed by atoms with van der Waals surface area (Å²) in [4.78, 5) is 8.69. The van der Waals surface area contributed by atoms with Crippen LogP contribution in [0.25, 0.3) is 21.5 Å². The number of aromatic nitrogens is 2. The van der Waals surface area contributed by atoms with Gasteiger partial charge < -0.3 is 4.74 Å². The number of pyridine rings is 1. The molecule has 0 atom stereocenters. The minimum Gasteiger partial charge on any atom is -0.434 e. The van der Waals surface area contributed by atoms with E-state index in [1.807, 2.05) is 36.6 Å². The number of fused-ring (bicyclic) bond motifs is 1. The molecule has 2 aromatic carbocycles. The molecule has 0 saturated heterocycles. The molecule has 2 aromatic heterocycles. The number of hydrogen-bond donors (Lipinski definition) is 0. The topological polar surface area (TPSA) is 35.0 Å². The average Bonchev–Trinajstić information content (AvgIpc) is 3.25. The van der Waals surface area contributed by atoms with E-state index in [0.29, 0.717) is 24.1 Å². The zero-order valence-electron chi connectivity index (χ0n) is 15.5. The van der Waals surface area contributed by atoms with Gasteiger partial charge >= 0.3 is 6.61 Å². The number of rotatable bonds is 6. The molecule has 0 amide bonds. The maximum atomic E-state index is 14.2. The molecule has 29 heavy (non-hydrogen) atoms. The van der Waals surface area contributed by atoms with Crippen LogP contribution >= 0.6 is 11.3 Å². The highest BCUT2D eigenvalue weighted by Gasteiger charge is 2.20. The zero-order valence-corrected chi connectivity index (χ0v) is 16.3. The van der Waals surface area contributed by atoms with Crippen LogP contribution in [0.15, 0.2) is 54.0 Å². The quantitative estimate of drug-likeness (QED) is 0.374. The number of ether oxygens (including phenoxy) is 1. The first-order chi connectivity index (χ1) is 14.1. The predicted octanol–water partition coefficient (Wildman–Crippen LogP) is 6.25. The second-order valence-corrected chi connectivity index (χ2v) is 7.34. The van der Waals surface area contributed by atoms with Gasteiger partial charge in [0.05, 0.1) is 0 Å². The van der Waals surface area contributed by atoms with Crippen molar-refractivity contribution in [1.29, 1.82) is 0 Å². The van der Waals surface area contributed by atoms with Gasteiger partial charge in [-0.15, -0.1) is 11.3 Å². The Morgan fingerprint density at radius 3 is 2.55 bits per heavy atom. The Labute approximate surface area is 169 Å². The van der Waals surface area contributed by atoms with Crippen molar-refractivity contribution in [3.05, 3.63) is 76.7 Å². The molecule has 0 saturated carbocycles. The summed E-state index contributed by atoms with van der Waals surface area (Å²) in [6.45, 7) is -1.16. The van der Waals surface area contributed by atoms with Crippen molar-refractivity contribution >= 4 is 22.2 Å². The van der Waals surface area contributed by atoms with Gasteiger partial charge in [-0.1, -0.05) is 37.3 Å². The Morgan fingerprint density at radius 2 is 1.90 bits per heavy atom. The summed E-state index contributed by atoms with van der Waals surface area (Å²) in [7, 11) is 0. The second-order valence-electron chi connectivity index (χ2n) is 6.45. The van der Waals surface area contributed by atoms with Crippen molar-refractivity contribution in [2.45, 2.75) is 26.4 Å². The summed E-state index contributed by atoms with van der Waals surface area (Å²) in [5.41, 5.74) is 3.04. The standard InChI is InChI=1S/C22H17F3N2OS/c1-2-18-16(12-13-6-8-14(9-7-13)21-26-10-11-29-21)20(28-22(24)25)15-4-3-5-17(23)19(15)27-18/h3-11,22H,2,12H2,1H3. The molecule has 4 aromatic rings. The van der Waals surface area contributed by atoms with Gasteiger partial charge in [-0.25, -0.2) is 14.4 Å². The van der Waals surface area contributed by atoms with E-state index < -0.39 is 12.4 Å². The lowest BCUT2D eigenvalue weighted by Crippen LogP contribution is -2.09. The van der Waals surface area contributed by atoms with Crippen LogP contribution in [-0.2, 0) is 12.8 Å². The lowest BCUT2D eigenvalue weighted by molar-refractivity contribution is -0.0494. The fraction of sp³-hybridized carbons (Fsp3) is 0.182. The first-order valence-corrected chi connectivity index (χ1v) is 9.98. The molecule has 0 radical (unpaired) electrons. The second kappa shape index (κ2) is 8.21. The van der Waals surface area contributed by atoms with Crippen molar-refractivity contribution < 1.29 is 17.9 Å². The third kappa shape index (κ3) is 3.96. The number of thiazole rings is 1. The molecule has 4 rings (SSSR count). The Balaban J connectivity index is 1.79. The van der Waals surface area contributed by atoms with Gasteiger partial charge in [0.1, 0.15) is 22.1 Å². The zero-order chi connectivity index (χ0) is 20.4. The molecule has 0 unspecified atom stereocenters. The van der Waals surface area contributed by atoms with Gasteiger partial charge in [0.2, 0.25) is 0 Å². The first kappa shape index (κ1) is 19.4. The minimum absolute atomic E-state index is 0.00894. The molecule has 2 heterocycles. The Morgan fingerprint density at radius 1 is 1.10 bits per heavy atom. The van der Waals surface area contributed by atoms with E-state index in [1.54, 1.807) is 23.6 Å². The highest BCUT2D eigenvalue weighted by atomic mass is 32.1. The molecular weight excluding hydrogens is 397 g/mol. The molecule has 148 valence electrons. The van der Waals surface area contributed by atoms with Crippen molar-refractivity contribution in [2.24, 2.45) is 0 Å². The van der Waals surface area contributed by atoms with Gasteiger partial charge in [-0.3, -0.25) is 0 Å². The molecule has 0 N–H and O–H groups in total. The number of benzene rings is 2. The van der Waals surface area contributed by atoms with Crippen LogP contribution in [0.4, 0.5) is 13.2 Å². The average molecular weight is 414 g/mol. The van der Waals surface area contributed by atoms with Gasteiger partial charge in [0.25, 0.3) is 0 Å². The van der Waals surface area contributed by atoms with Crippen LogP contribution in [0.3, 0.4) is 0 Å². The van der Waals surface area contributed by atoms with Crippen molar-refractivity contribution in [3.63, 3.8) is 0 Å². The summed E-state index contributed by atoms with van der Waals surface area (Å²) in [5, 5.41) is 3.07. The van der Waals surface area contributed by atoms with Crippen molar-refractivity contribution in [3.8, 4) is 16.3 Å². The Hall–Kier alpha value is -2.93. The number of alkyl halides is 2.